The van der Waals surface area contributed by atoms with E-state index in [0.717, 1.165) is 5.69 Å². The molecule has 1 aromatic heterocycles. The largest absolute Gasteiger partial charge is 0.444 e. The van der Waals surface area contributed by atoms with Crippen molar-refractivity contribution in [1.29, 1.82) is 0 Å². The molecule has 122 valence electrons. The second-order valence-electron chi connectivity index (χ2n) is 6.89. The van der Waals surface area contributed by atoms with Crippen LogP contribution >= 0.6 is 0 Å². The zero-order chi connectivity index (χ0) is 16.0. The van der Waals surface area contributed by atoms with Crippen LogP contribution in [0.2, 0.25) is 0 Å². The van der Waals surface area contributed by atoms with E-state index in [4.69, 9.17) is 4.74 Å². The van der Waals surface area contributed by atoms with E-state index in [1.54, 1.807) is 12.3 Å². The van der Waals surface area contributed by atoms with Crippen molar-refractivity contribution < 1.29 is 9.53 Å². The molecular formula is C17H27N3O2. The first-order valence-electron chi connectivity index (χ1n) is 8.15. The van der Waals surface area contributed by atoms with E-state index in [1.165, 1.54) is 38.5 Å². The Morgan fingerprint density at radius 3 is 2.41 bits per heavy atom. The van der Waals surface area contributed by atoms with Gasteiger partial charge in [0, 0.05) is 6.04 Å². The molecule has 5 heteroatoms. The van der Waals surface area contributed by atoms with E-state index >= 15 is 0 Å². The van der Waals surface area contributed by atoms with E-state index in [9.17, 15) is 4.79 Å². The van der Waals surface area contributed by atoms with Crippen molar-refractivity contribution in [2.75, 3.05) is 10.6 Å². The highest BCUT2D eigenvalue weighted by atomic mass is 16.6. The molecule has 22 heavy (non-hydrogen) atoms. The van der Waals surface area contributed by atoms with Gasteiger partial charge in [-0.2, -0.15) is 0 Å². The molecule has 2 N–H and O–H groups in total. The van der Waals surface area contributed by atoms with Crippen LogP contribution in [-0.2, 0) is 4.74 Å². The van der Waals surface area contributed by atoms with Crippen molar-refractivity contribution in [2.45, 2.75) is 70.9 Å². The number of amides is 1. The van der Waals surface area contributed by atoms with E-state index in [-0.39, 0.29) is 0 Å². The predicted molar refractivity (Wildman–Crippen MR) is 89.2 cm³/mol. The van der Waals surface area contributed by atoms with Crippen molar-refractivity contribution in [3.05, 3.63) is 18.3 Å². The van der Waals surface area contributed by atoms with Crippen LogP contribution in [0.5, 0.6) is 0 Å². The molecule has 1 amide bonds. The van der Waals surface area contributed by atoms with Crippen molar-refractivity contribution in [2.24, 2.45) is 0 Å². The number of carbonyl (C=O) groups excluding carboxylic acids is 1. The van der Waals surface area contributed by atoms with Gasteiger partial charge in [-0.25, -0.2) is 9.78 Å². The Morgan fingerprint density at radius 1 is 1.18 bits per heavy atom. The minimum Gasteiger partial charge on any atom is -0.444 e. The Kier molecular flexibility index (Phi) is 5.63. The Labute approximate surface area is 132 Å². The number of nitrogens with one attached hydrogen (secondary N) is 2. The molecule has 1 aliphatic carbocycles. The zero-order valence-corrected chi connectivity index (χ0v) is 13.8. The zero-order valence-electron chi connectivity index (χ0n) is 13.8. The summed E-state index contributed by atoms with van der Waals surface area (Å²) < 4.78 is 5.20. The Bertz CT molecular complexity index is 472. The maximum absolute atomic E-state index is 11.7. The number of anilines is 2. The molecule has 0 saturated heterocycles. The fraction of sp³-hybridized carbons (Fsp3) is 0.647. The molecule has 5 nitrogen and oxygen atoms in total. The quantitative estimate of drug-likeness (QED) is 0.803. The number of aromatic nitrogens is 1. The molecule has 1 saturated carbocycles. The summed E-state index contributed by atoms with van der Waals surface area (Å²) in [6.07, 6.45) is 8.99. The van der Waals surface area contributed by atoms with Crippen molar-refractivity contribution >= 4 is 17.6 Å². The highest BCUT2D eigenvalue weighted by Gasteiger charge is 2.16. The number of pyridine rings is 1. The SMILES string of the molecule is CC(C)(C)OC(=O)Nc1ccc(NC2CCCCCC2)cn1. The highest BCUT2D eigenvalue weighted by Crippen LogP contribution is 2.21. The van der Waals surface area contributed by atoms with Gasteiger partial charge >= 0.3 is 6.09 Å². The lowest BCUT2D eigenvalue weighted by Gasteiger charge is -2.20. The van der Waals surface area contributed by atoms with Crippen LogP contribution < -0.4 is 10.6 Å². The standard InChI is InChI=1S/C17H27N3O2/c1-17(2,3)22-16(21)20-15-11-10-14(12-18-15)19-13-8-6-4-5-7-9-13/h10-13,19H,4-9H2,1-3H3,(H,18,20,21). The number of hydrogen-bond acceptors (Lipinski definition) is 4. The monoisotopic (exact) mass is 305 g/mol. The van der Waals surface area contributed by atoms with Gasteiger partial charge < -0.3 is 10.1 Å². The van der Waals surface area contributed by atoms with Crippen LogP contribution in [0.15, 0.2) is 18.3 Å². The summed E-state index contributed by atoms with van der Waals surface area (Å²) in [4.78, 5) is 15.9. The summed E-state index contributed by atoms with van der Waals surface area (Å²) in [6, 6.07) is 4.28. The predicted octanol–water partition coefficient (Wildman–Crippen LogP) is 4.56. The van der Waals surface area contributed by atoms with Crippen LogP contribution in [0.3, 0.4) is 0 Å². The molecule has 0 radical (unpaired) electrons. The second-order valence-corrected chi connectivity index (χ2v) is 6.89. The molecule has 1 aromatic rings. The first-order chi connectivity index (χ1) is 10.4. The van der Waals surface area contributed by atoms with Crippen LogP contribution in [0.25, 0.3) is 0 Å². The van der Waals surface area contributed by atoms with Gasteiger partial charge in [-0.15, -0.1) is 0 Å². The Balaban J connectivity index is 1.85. The average Bonchev–Trinajstić information content (AvgIpc) is 2.67. The average molecular weight is 305 g/mol. The van der Waals surface area contributed by atoms with E-state index < -0.39 is 11.7 Å². The van der Waals surface area contributed by atoms with Crippen LogP contribution in [-0.4, -0.2) is 22.7 Å². The fourth-order valence-corrected chi connectivity index (χ4v) is 2.62. The number of hydrogen-bond donors (Lipinski definition) is 2. The summed E-state index contributed by atoms with van der Waals surface area (Å²) in [6.45, 7) is 5.50. The normalized spacial score (nSPS) is 16.7. The third kappa shape index (κ3) is 5.92. The van der Waals surface area contributed by atoms with Gasteiger partial charge in [0.05, 0.1) is 11.9 Å². The Morgan fingerprint density at radius 2 is 1.86 bits per heavy atom. The summed E-state index contributed by atoms with van der Waals surface area (Å²) in [5, 5.41) is 6.17. The minimum atomic E-state index is -0.509. The maximum atomic E-state index is 11.7. The summed E-state index contributed by atoms with van der Waals surface area (Å²) in [5.41, 5.74) is 0.493. The first kappa shape index (κ1) is 16.6. The lowest BCUT2D eigenvalue weighted by Crippen LogP contribution is -2.27. The second kappa shape index (κ2) is 7.47. The lowest BCUT2D eigenvalue weighted by atomic mass is 10.1. The Hall–Kier alpha value is -1.78. The molecule has 0 aromatic carbocycles. The lowest BCUT2D eigenvalue weighted by molar-refractivity contribution is 0.0635. The number of rotatable bonds is 3. The summed E-state index contributed by atoms with van der Waals surface area (Å²) in [7, 11) is 0. The topological polar surface area (TPSA) is 63.2 Å². The third-order valence-corrected chi connectivity index (χ3v) is 3.62. The highest BCUT2D eigenvalue weighted by molar-refractivity contribution is 5.83. The molecule has 0 aliphatic heterocycles. The molecular weight excluding hydrogens is 278 g/mol. The van der Waals surface area contributed by atoms with E-state index in [1.807, 2.05) is 26.8 Å². The van der Waals surface area contributed by atoms with Crippen LogP contribution in [0, 0.1) is 0 Å². The molecule has 1 fully saturated rings. The van der Waals surface area contributed by atoms with Gasteiger partial charge in [0.1, 0.15) is 11.4 Å². The molecule has 0 spiro atoms. The molecule has 0 atom stereocenters. The fourth-order valence-electron chi connectivity index (χ4n) is 2.62. The smallest absolute Gasteiger partial charge is 0.413 e. The van der Waals surface area contributed by atoms with E-state index in [0.29, 0.717) is 11.9 Å². The van der Waals surface area contributed by atoms with Gasteiger partial charge in [-0.05, 0) is 45.7 Å². The first-order valence-corrected chi connectivity index (χ1v) is 8.15. The van der Waals surface area contributed by atoms with Gasteiger partial charge in [0.25, 0.3) is 0 Å². The van der Waals surface area contributed by atoms with Crippen molar-refractivity contribution in [1.82, 2.24) is 4.98 Å². The van der Waals surface area contributed by atoms with Crippen molar-refractivity contribution in [3.8, 4) is 0 Å². The maximum Gasteiger partial charge on any atom is 0.413 e. The minimum absolute atomic E-state index is 0.482. The molecule has 0 unspecified atom stereocenters. The van der Waals surface area contributed by atoms with E-state index in [2.05, 4.69) is 15.6 Å². The molecule has 0 bridgehead atoms. The van der Waals surface area contributed by atoms with Crippen LogP contribution in [0.1, 0.15) is 59.3 Å². The molecule has 1 heterocycles. The third-order valence-electron chi connectivity index (χ3n) is 3.62. The van der Waals surface area contributed by atoms with Crippen LogP contribution in [0.4, 0.5) is 16.3 Å². The number of nitrogens with zero attached hydrogens (tertiary/aromatic N) is 1. The number of carbonyl (C=O) groups is 1. The van der Waals surface area contributed by atoms with Gasteiger partial charge in [-0.1, -0.05) is 25.7 Å². The number of ether oxygens (including phenoxy) is 1. The summed E-state index contributed by atoms with van der Waals surface area (Å²) in [5.74, 6) is 0.501. The molecule has 1 aliphatic rings. The van der Waals surface area contributed by atoms with Gasteiger partial charge in [0.15, 0.2) is 0 Å². The van der Waals surface area contributed by atoms with Gasteiger partial charge in [-0.3, -0.25) is 5.32 Å². The summed E-state index contributed by atoms with van der Waals surface area (Å²) >= 11 is 0. The molecule has 2 rings (SSSR count). The van der Waals surface area contributed by atoms with Gasteiger partial charge in [0.2, 0.25) is 0 Å². The van der Waals surface area contributed by atoms with Crippen molar-refractivity contribution in [3.63, 3.8) is 0 Å².